The summed E-state index contributed by atoms with van der Waals surface area (Å²) in [6.07, 6.45) is 9.50. The highest BCUT2D eigenvalue weighted by Gasteiger charge is 2.23. The Morgan fingerprint density at radius 1 is 1.20 bits per heavy atom. The summed E-state index contributed by atoms with van der Waals surface area (Å²) in [6, 6.07) is 1.57. The van der Waals surface area contributed by atoms with Gasteiger partial charge in [0.1, 0.15) is 0 Å². The summed E-state index contributed by atoms with van der Waals surface area (Å²) < 4.78 is 25.0. The summed E-state index contributed by atoms with van der Waals surface area (Å²) in [4.78, 5) is 7.45. The summed E-state index contributed by atoms with van der Waals surface area (Å²) in [7, 11) is -3.59. The van der Waals surface area contributed by atoms with Crippen LogP contribution in [0.4, 0.5) is 0 Å². The highest BCUT2D eigenvalue weighted by atomic mass is 32.2. The maximum Gasteiger partial charge on any atom is 0.299 e. The van der Waals surface area contributed by atoms with Crippen LogP contribution in [0, 0.1) is 0 Å². The normalized spacial score (nSPS) is 15.6. The van der Waals surface area contributed by atoms with Crippen LogP contribution in [-0.4, -0.2) is 29.2 Å². The van der Waals surface area contributed by atoms with Gasteiger partial charge in [-0.25, -0.2) is 9.97 Å². The molecule has 78 valence electrons. The van der Waals surface area contributed by atoms with Crippen LogP contribution in [0.25, 0.3) is 0 Å². The molecule has 2 rings (SSSR count). The monoisotopic (exact) mass is 223 g/mol. The molecule has 0 bridgehead atoms. The van der Waals surface area contributed by atoms with Crippen molar-refractivity contribution in [2.24, 2.45) is 0 Å². The molecule has 0 radical (unpaired) electrons. The number of aromatic nitrogens is 2. The van der Waals surface area contributed by atoms with Gasteiger partial charge in [-0.15, -0.1) is 0 Å². The fourth-order valence-electron chi connectivity index (χ4n) is 1.15. The van der Waals surface area contributed by atoms with E-state index in [2.05, 4.69) is 9.97 Å². The maximum atomic E-state index is 11.9. The average molecular weight is 223 g/mol. The van der Waals surface area contributed by atoms with Crippen molar-refractivity contribution in [3.63, 3.8) is 0 Å². The third-order valence-corrected chi connectivity index (χ3v) is 3.43. The van der Waals surface area contributed by atoms with Crippen molar-refractivity contribution in [2.75, 3.05) is 6.54 Å². The van der Waals surface area contributed by atoms with Crippen molar-refractivity contribution >= 4 is 10.0 Å². The molecule has 6 heteroatoms. The van der Waals surface area contributed by atoms with E-state index in [-0.39, 0.29) is 5.16 Å². The lowest BCUT2D eigenvalue weighted by molar-refractivity contribution is 0.511. The van der Waals surface area contributed by atoms with Gasteiger partial charge in [0.05, 0.1) is 6.54 Å². The molecule has 2 heterocycles. The van der Waals surface area contributed by atoms with E-state index < -0.39 is 10.0 Å². The van der Waals surface area contributed by atoms with Crippen LogP contribution in [0.5, 0.6) is 0 Å². The van der Waals surface area contributed by atoms with E-state index in [1.165, 1.54) is 22.9 Å². The summed E-state index contributed by atoms with van der Waals surface area (Å²) in [5, 5.41) is -0.176. The largest absolute Gasteiger partial charge is 0.299 e. The quantitative estimate of drug-likeness (QED) is 0.687. The maximum absolute atomic E-state index is 11.9. The minimum atomic E-state index is -3.59. The zero-order valence-corrected chi connectivity index (χ0v) is 8.63. The van der Waals surface area contributed by atoms with Gasteiger partial charge in [0.15, 0.2) is 0 Å². The molecular formula is C9H9N3O2S. The molecule has 0 amide bonds. The van der Waals surface area contributed by atoms with Crippen LogP contribution in [-0.2, 0) is 10.0 Å². The Hall–Kier alpha value is -1.69. The van der Waals surface area contributed by atoms with Crippen LogP contribution in [0.3, 0.4) is 0 Å². The molecule has 0 saturated carbocycles. The molecule has 0 aromatic carbocycles. The van der Waals surface area contributed by atoms with Gasteiger partial charge >= 0.3 is 0 Å². The van der Waals surface area contributed by atoms with E-state index in [0.29, 0.717) is 6.54 Å². The standard InChI is InChI=1S/C9H9N3O2S/c13-15(14,9-10-5-4-6-11-9)12-7-2-1-3-8-12/h1-7H,8H2. The number of allylic oxidation sites excluding steroid dienone is 2. The van der Waals surface area contributed by atoms with E-state index in [0.717, 1.165) is 0 Å². The molecule has 5 nitrogen and oxygen atoms in total. The van der Waals surface area contributed by atoms with Gasteiger partial charge in [-0.1, -0.05) is 12.2 Å². The fraction of sp³-hybridized carbons (Fsp3) is 0.111. The number of rotatable bonds is 2. The minimum Gasteiger partial charge on any atom is -0.267 e. The van der Waals surface area contributed by atoms with Crippen LogP contribution in [0.1, 0.15) is 0 Å². The molecule has 0 aliphatic carbocycles. The molecule has 0 fully saturated rings. The first kappa shape index (κ1) is 9.85. The summed E-state index contributed by atoms with van der Waals surface area (Å²) in [5.74, 6) is 0. The van der Waals surface area contributed by atoms with Gasteiger partial charge in [0.25, 0.3) is 15.2 Å². The van der Waals surface area contributed by atoms with E-state index in [1.54, 1.807) is 24.3 Å². The predicted molar refractivity (Wildman–Crippen MR) is 54.2 cm³/mol. The van der Waals surface area contributed by atoms with E-state index >= 15 is 0 Å². The number of hydrogen-bond acceptors (Lipinski definition) is 4. The van der Waals surface area contributed by atoms with Crippen LogP contribution in [0.2, 0.25) is 0 Å². The molecule has 0 saturated heterocycles. The zero-order valence-electron chi connectivity index (χ0n) is 7.81. The molecule has 1 aliphatic rings. The molecule has 1 aliphatic heterocycles. The van der Waals surface area contributed by atoms with Crippen LogP contribution < -0.4 is 0 Å². The van der Waals surface area contributed by atoms with Crippen molar-refractivity contribution < 1.29 is 8.42 Å². The number of nitrogens with zero attached hydrogens (tertiary/aromatic N) is 3. The Labute approximate surface area is 87.8 Å². The average Bonchev–Trinajstić information content (AvgIpc) is 2.31. The van der Waals surface area contributed by atoms with Crippen LogP contribution in [0.15, 0.2) is 48.0 Å². The highest BCUT2D eigenvalue weighted by Crippen LogP contribution is 2.12. The van der Waals surface area contributed by atoms with Gasteiger partial charge in [-0.2, -0.15) is 8.42 Å². The second kappa shape index (κ2) is 3.82. The van der Waals surface area contributed by atoms with Gasteiger partial charge < -0.3 is 0 Å². The van der Waals surface area contributed by atoms with Crippen molar-refractivity contribution in [3.05, 3.63) is 42.9 Å². The topological polar surface area (TPSA) is 63.2 Å². The van der Waals surface area contributed by atoms with Crippen molar-refractivity contribution in [1.82, 2.24) is 14.3 Å². The second-order valence-electron chi connectivity index (χ2n) is 2.88. The lowest BCUT2D eigenvalue weighted by Crippen LogP contribution is -2.28. The van der Waals surface area contributed by atoms with Gasteiger partial charge in [0, 0.05) is 18.6 Å². The Balaban J connectivity index is 2.36. The molecule has 0 spiro atoms. The molecule has 15 heavy (non-hydrogen) atoms. The fourth-order valence-corrected chi connectivity index (χ4v) is 2.26. The summed E-state index contributed by atoms with van der Waals surface area (Å²) in [5.41, 5.74) is 0. The Bertz CT molecular complexity index is 493. The molecule has 0 N–H and O–H groups in total. The van der Waals surface area contributed by atoms with E-state index in [1.807, 2.05) is 0 Å². The van der Waals surface area contributed by atoms with Crippen molar-refractivity contribution in [3.8, 4) is 0 Å². The van der Waals surface area contributed by atoms with Crippen molar-refractivity contribution in [2.45, 2.75) is 5.16 Å². The minimum absolute atomic E-state index is 0.176. The SMILES string of the molecule is O=S(=O)(c1ncccn1)N1C=CC=CC1. The smallest absolute Gasteiger partial charge is 0.267 e. The van der Waals surface area contributed by atoms with Gasteiger partial charge in [-0.3, -0.25) is 4.31 Å². The number of sulfonamides is 1. The molecular weight excluding hydrogens is 214 g/mol. The zero-order chi connectivity index (χ0) is 10.7. The van der Waals surface area contributed by atoms with Gasteiger partial charge in [-0.05, 0) is 12.1 Å². The first-order chi connectivity index (χ1) is 7.21. The summed E-state index contributed by atoms with van der Waals surface area (Å²) in [6.45, 7) is 0.317. The predicted octanol–water partition coefficient (Wildman–Crippen LogP) is 0.551. The molecule has 1 aromatic heterocycles. The molecule has 1 aromatic rings. The van der Waals surface area contributed by atoms with Gasteiger partial charge in [0.2, 0.25) is 0 Å². The van der Waals surface area contributed by atoms with E-state index in [4.69, 9.17) is 0 Å². The van der Waals surface area contributed by atoms with Crippen LogP contribution >= 0.6 is 0 Å². The summed E-state index contributed by atoms with van der Waals surface area (Å²) >= 11 is 0. The Morgan fingerprint density at radius 2 is 1.93 bits per heavy atom. The van der Waals surface area contributed by atoms with Crippen molar-refractivity contribution in [1.29, 1.82) is 0 Å². The lowest BCUT2D eigenvalue weighted by atomic mass is 10.4. The third kappa shape index (κ3) is 1.89. The second-order valence-corrected chi connectivity index (χ2v) is 4.66. The lowest BCUT2D eigenvalue weighted by Gasteiger charge is -2.18. The first-order valence-corrected chi connectivity index (χ1v) is 5.77. The Morgan fingerprint density at radius 3 is 2.53 bits per heavy atom. The molecule has 0 atom stereocenters. The highest BCUT2D eigenvalue weighted by molar-refractivity contribution is 7.89. The third-order valence-electron chi connectivity index (χ3n) is 1.87. The van der Waals surface area contributed by atoms with E-state index in [9.17, 15) is 8.42 Å². The number of hydrogen-bond donors (Lipinski definition) is 0. The Kier molecular flexibility index (Phi) is 2.51. The molecule has 0 unspecified atom stereocenters. The first-order valence-electron chi connectivity index (χ1n) is 4.33.